The summed E-state index contributed by atoms with van der Waals surface area (Å²) >= 11 is 0. The minimum absolute atomic E-state index is 0.0120. The van der Waals surface area contributed by atoms with Crippen molar-refractivity contribution in [3.63, 3.8) is 0 Å². The van der Waals surface area contributed by atoms with E-state index in [1.807, 2.05) is 0 Å². The first-order chi connectivity index (χ1) is 9.82. The maximum absolute atomic E-state index is 11.9. The zero-order chi connectivity index (χ0) is 16.0. The molecule has 0 aliphatic heterocycles. The number of carbonyl (C=O) groups is 3. The number of imide groups is 1. The van der Waals surface area contributed by atoms with Crippen molar-refractivity contribution in [2.45, 2.75) is 20.4 Å². The van der Waals surface area contributed by atoms with E-state index in [0.717, 1.165) is 0 Å². The predicted octanol–water partition coefficient (Wildman–Crippen LogP) is 1.17. The van der Waals surface area contributed by atoms with Gasteiger partial charge in [0, 0.05) is 24.4 Å². The number of urea groups is 1. The Hall–Kier alpha value is -2.70. The van der Waals surface area contributed by atoms with Crippen LogP contribution in [0.3, 0.4) is 0 Å². The third-order valence-corrected chi connectivity index (χ3v) is 2.92. The molecule has 0 saturated carbocycles. The van der Waals surface area contributed by atoms with Gasteiger partial charge < -0.3 is 10.0 Å². The van der Waals surface area contributed by atoms with Gasteiger partial charge in [-0.2, -0.15) is 0 Å². The number of rotatable bonds is 4. The van der Waals surface area contributed by atoms with Gasteiger partial charge in [-0.1, -0.05) is 6.07 Å². The van der Waals surface area contributed by atoms with Crippen molar-refractivity contribution >= 4 is 17.9 Å². The molecule has 7 heteroatoms. The van der Waals surface area contributed by atoms with Crippen LogP contribution in [0.5, 0.6) is 0 Å². The topological polar surface area (TPSA) is 99.6 Å². The second-order valence-electron chi connectivity index (χ2n) is 4.49. The summed E-state index contributed by atoms with van der Waals surface area (Å²) in [6.45, 7) is 2.89. The van der Waals surface area contributed by atoms with Crippen LogP contribution >= 0.6 is 0 Å². The maximum Gasteiger partial charge on any atom is 0.331 e. The molecule has 112 valence electrons. The molecule has 1 heterocycles. The molecule has 0 fully saturated rings. The van der Waals surface area contributed by atoms with Crippen LogP contribution in [0.1, 0.15) is 19.5 Å². The number of hydrogen-bond acceptors (Lipinski definition) is 4. The van der Waals surface area contributed by atoms with E-state index in [9.17, 15) is 14.4 Å². The SMILES string of the molecule is CC(C(=O)O)=C(C)C(=O)NC(=O)N(C)Cc1ccccn1. The normalized spacial score (nSPS) is 11.4. The van der Waals surface area contributed by atoms with E-state index in [0.29, 0.717) is 5.69 Å². The molecule has 0 aliphatic carbocycles. The van der Waals surface area contributed by atoms with Crippen LogP contribution in [0, 0.1) is 0 Å². The molecular formula is C14H17N3O4. The van der Waals surface area contributed by atoms with E-state index in [-0.39, 0.29) is 17.7 Å². The van der Waals surface area contributed by atoms with E-state index in [1.54, 1.807) is 24.4 Å². The molecule has 0 aromatic carbocycles. The summed E-state index contributed by atoms with van der Waals surface area (Å²) in [5.74, 6) is -1.93. The van der Waals surface area contributed by atoms with Crippen molar-refractivity contribution in [3.8, 4) is 0 Å². The zero-order valence-corrected chi connectivity index (χ0v) is 12.1. The molecule has 0 spiro atoms. The number of aromatic nitrogens is 1. The number of nitrogens with zero attached hydrogens (tertiary/aromatic N) is 2. The second-order valence-corrected chi connectivity index (χ2v) is 4.49. The van der Waals surface area contributed by atoms with Gasteiger partial charge in [-0.05, 0) is 26.0 Å². The smallest absolute Gasteiger partial charge is 0.331 e. The highest BCUT2D eigenvalue weighted by molar-refractivity contribution is 6.07. The lowest BCUT2D eigenvalue weighted by atomic mass is 10.1. The predicted molar refractivity (Wildman–Crippen MR) is 75.3 cm³/mol. The van der Waals surface area contributed by atoms with Crippen LogP contribution in [0.2, 0.25) is 0 Å². The van der Waals surface area contributed by atoms with Gasteiger partial charge in [0.05, 0.1) is 12.2 Å². The van der Waals surface area contributed by atoms with E-state index >= 15 is 0 Å². The number of pyridine rings is 1. The van der Waals surface area contributed by atoms with Crippen LogP contribution < -0.4 is 5.32 Å². The van der Waals surface area contributed by atoms with Gasteiger partial charge in [0.15, 0.2) is 0 Å². The third kappa shape index (κ3) is 4.72. The summed E-state index contributed by atoms with van der Waals surface area (Å²) in [7, 11) is 1.51. The van der Waals surface area contributed by atoms with E-state index < -0.39 is 17.9 Å². The largest absolute Gasteiger partial charge is 0.478 e. The zero-order valence-electron chi connectivity index (χ0n) is 12.1. The summed E-state index contributed by atoms with van der Waals surface area (Å²) in [6, 6.07) is 4.69. The highest BCUT2D eigenvalue weighted by Crippen LogP contribution is 2.04. The maximum atomic E-state index is 11.9. The molecule has 1 rings (SSSR count). The number of carbonyl (C=O) groups excluding carboxylic acids is 2. The number of nitrogens with one attached hydrogen (secondary N) is 1. The first-order valence-electron chi connectivity index (χ1n) is 6.20. The van der Waals surface area contributed by atoms with Gasteiger partial charge in [0.25, 0.3) is 5.91 Å². The van der Waals surface area contributed by atoms with Gasteiger partial charge in [0.2, 0.25) is 0 Å². The summed E-state index contributed by atoms with van der Waals surface area (Å²) < 4.78 is 0. The lowest BCUT2D eigenvalue weighted by Crippen LogP contribution is -2.41. The lowest BCUT2D eigenvalue weighted by Gasteiger charge is -2.17. The molecule has 0 radical (unpaired) electrons. The van der Waals surface area contributed by atoms with E-state index in [1.165, 1.54) is 25.8 Å². The van der Waals surface area contributed by atoms with Crippen molar-refractivity contribution in [1.82, 2.24) is 15.2 Å². The molecule has 2 N–H and O–H groups in total. The highest BCUT2D eigenvalue weighted by Gasteiger charge is 2.17. The van der Waals surface area contributed by atoms with Crippen LogP contribution in [-0.2, 0) is 16.1 Å². The van der Waals surface area contributed by atoms with Gasteiger partial charge in [0.1, 0.15) is 0 Å². The second kappa shape index (κ2) is 7.18. The fraction of sp³-hybridized carbons (Fsp3) is 0.286. The average molecular weight is 291 g/mol. The molecule has 0 atom stereocenters. The van der Waals surface area contributed by atoms with E-state index in [4.69, 9.17) is 5.11 Å². The lowest BCUT2D eigenvalue weighted by molar-refractivity contribution is -0.133. The van der Waals surface area contributed by atoms with Crippen LogP contribution in [0.25, 0.3) is 0 Å². The van der Waals surface area contributed by atoms with Gasteiger partial charge in [-0.15, -0.1) is 0 Å². The molecule has 21 heavy (non-hydrogen) atoms. The fourth-order valence-electron chi connectivity index (χ4n) is 1.42. The summed E-state index contributed by atoms with van der Waals surface area (Å²) in [5, 5.41) is 10.9. The Morgan fingerprint density at radius 2 is 1.90 bits per heavy atom. The average Bonchev–Trinajstić information content (AvgIpc) is 2.46. The molecule has 1 aromatic heterocycles. The number of carboxylic acids is 1. The van der Waals surface area contributed by atoms with Gasteiger partial charge in [-0.25, -0.2) is 9.59 Å². The standard InChI is InChI=1S/C14H17N3O4/c1-9(10(2)13(19)20)12(18)16-14(21)17(3)8-11-6-4-5-7-15-11/h4-7H,8H2,1-3H3,(H,19,20)(H,16,18,21). The Bertz CT molecular complexity index is 581. The molecule has 0 bridgehead atoms. The highest BCUT2D eigenvalue weighted by atomic mass is 16.4. The molecule has 1 aromatic rings. The van der Waals surface area contributed by atoms with Crippen molar-refractivity contribution < 1.29 is 19.5 Å². The Morgan fingerprint density at radius 1 is 1.24 bits per heavy atom. The molecule has 0 unspecified atom stereocenters. The van der Waals surface area contributed by atoms with Crippen molar-refractivity contribution in [2.75, 3.05) is 7.05 Å². The molecule has 0 aliphatic rings. The number of carboxylic acid groups (broad SMARTS) is 1. The Kier molecular flexibility index (Phi) is 5.59. The molecule has 7 nitrogen and oxygen atoms in total. The Labute approximate surface area is 122 Å². The monoisotopic (exact) mass is 291 g/mol. The third-order valence-electron chi connectivity index (χ3n) is 2.92. The Morgan fingerprint density at radius 3 is 2.43 bits per heavy atom. The summed E-state index contributed by atoms with van der Waals surface area (Å²) in [4.78, 5) is 39.7. The van der Waals surface area contributed by atoms with Crippen LogP contribution in [0.4, 0.5) is 4.79 Å². The minimum Gasteiger partial charge on any atom is -0.478 e. The quantitative estimate of drug-likeness (QED) is 0.811. The van der Waals surface area contributed by atoms with Gasteiger partial charge >= 0.3 is 12.0 Å². The number of aliphatic carboxylic acids is 1. The van der Waals surface area contributed by atoms with Crippen molar-refractivity contribution in [2.24, 2.45) is 0 Å². The van der Waals surface area contributed by atoms with E-state index in [2.05, 4.69) is 10.3 Å². The van der Waals surface area contributed by atoms with Crippen molar-refractivity contribution in [1.29, 1.82) is 0 Å². The Balaban J connectivity index is 2.66. The first kappa shape index (κ1) is 16.4. The fourth-order valence-corrected chi connectivity index (χ4v) is 1.42. The summed E-state index contributed by atoms with van der Waals surface area (Å²) in [6.07, 6.45) is 1.61. The molecule has 0 saturated heterocycles. The van der Waals surface area contributed by atoms with Gasteiger partial charge in [-0.3, -0.25) is 15.1 Å². The number of hydrogen-bond donors (Lipinski definition) is 2. The first-order valence-corrected chi connectivity index (χ1v) is 6.20. The van der Waals surface area contributed by atoms with Crippen molar-refractivity contribution in [3.05, 3.63) is 41.2 Å². The molecular weight excluding hydrogens is 274 g/mol. The molecule has 3 amide bonds. The van der Waals surface area contributed by atoms with Crippen LogP contribution in [0.15, 0.2) is 35.5 Å². The van der Waals surface area contributed by atoms with Crippen LogP contribution in [-0.4, -0.2) is 39.9 Å². The summed E-state index contributed by atoms with van der Waals surface area (Å²) in [5.41, 5.74) is 0.561. The minimum atomic E-state index is -1.20. The number of amides is 3.